The van der Waals surface area contributed by atoms with Gasteiger partial charge in [0.25, 0.3) is 0 Å². The van der Waals surface area contributed by atoms with E-state index in [2.05, 4.69) is 72.8 Å². The predicted octanol–water partition coefficient (Wildman–Crippen LogP) is 9.83. The van der Waals surface area contributed by atoms with E-state index >= 15 is 4.57 Å². The molecule has 6 aromatic carbocycles. The first-order valence-electron chi connectivity index (χ1n) is 13.4. The highest BCUT2D eigenvalue weighted by Gasteiger charge is 2.48. The van der Waals surface area contributed by atoms with Gasteiger partial charge in [0.1, 0.15) is 0 Å². The van der Waals surface area contributed by atoms with E-state index in [9.17, 15) is 0 Å². The second-order valence-corrected chi connectivity index (χ2v) is 12.2. The molecule has 40 heavy (non-hydrogen) atoms. The fourth-order valence-corrected chi connectivity index (χ4v) is 8.51. The second-order valence-electron chi connectivity index (χ2n) is 9.82. The summed E-state index contributed by atoms with van der Waals surface area (Å²) in [6.07, 6.45) is 0. The summed E-state index contributed by atoms with van der Waals surface area (Å²) in [5.41, 5.74) is 8.23. The number of fused-ring (bicyclic) bond motifs is 1. The smallest absolute Gasteiger partial charge is 0.270 e. The minimum Gasteiger partial charge on any atom is -0.270 e. The second kappa shape index (κ2) is 10.0. The van der Waals surface area contributed by atoms with Crippen LogP contribution < -0.4 is 14.6 Å². The van der Waals surface area contributed by atoms with Crippen molar-refractivity contribution in [1.82, 2.24) is 0 Å². The molecule has 0 bridgehead atoms. The van der Waals surface area contributed by atoms with Crippen molar-refractivity contribution in [3.05, 3.63) is 164 Å². The maximum Gasteiger partial charge on any atom is 0.301 e. The van der Waals surface area contributed by atoms with Gasteiger partial charge in [-0.05, 0) is 76.9 Å². The quantitative estimate of drug-likeness (QED) is 0.206. The van der Waals surface area contributed by atoms with Gasteiger partial charge >= 0.3 is 7.44 Å². The van der Waals surface area contributed by atoms with Gasteiger partial charge in [-0.15, -0.1) is 0 Å². The van der Waals surface area contributed by atoms with Crippen molar-refractivity contribution in [2.24, 2.45) is 0 Å². The number of anilines is 4. The molecule has 0 aromatic heterocycles. The van der Waals surface area contributed by atoms with Crippen LogP contribution in [-0.4, -0.2) is 0 Å². The summed E-state index contributed by atoms with van der Waals surface area (Å²) in [6.45, 7) is 0. The molecule has 0 aliphatic carbocycles. The maximum absolute atomic E-state index is 15.7. The van der Waals surface area contributed by atoms with Gasteiger partial charge in [-0.2, -0.15) is 0 Å². The summed E-state index contributed by atoms with van der Waals surface area (Å²) in [4.78, 5) is 0. The van der Waals surface area contributed by atoms with Crippen LogP contribution >= 0.6 is 7.44 Å². The lowest BCUT2D eigenvalue weighted by molar-refractivity contribution is 0.582. The Hall–Kier alpha value is -4.85. The molecule has 192 valence electrons. The Labute approximate surface area is 235 Å². The lowest BCUT2D eigenvalue weighted by Gasteiger charge is -2.33. The van der Waals surface area contributed by atoms with Crippen molar-refractivity contribution in [2.75, 3.05) is 9.34 Å². The standard InChI is InChI=1S/C36H27N2OP/c39-40(34-25-23-29(24-26-34)31-16-12-15-30(27-31)28-13-4-1-5-14-28)37(32-17-6-2-7-18-32)35-21-10-11-22-36(35)38(40)33-19-8-3-9-20-33/h1-27H. The van der Waals surface area contributed by atoms with Crippen molar-refractivity contribution >= 4 is 35.5 Å². The SMILES string of the molecule is O=P1(c2ccc(-c3cccc(-c4ccccc4)c3)cc2)N(c2ccccc2)c2ccccc2N1c1ccccc1. The number of para-hydroxylation sites is 4. The zero-order valence-electron chi connectivity index (χ0n) is 21.8. The first kappa shape index (κ1) is 24.2. The minimum atomic E-state index is -3.37. The van der Waals surface area contributed by atoms with E-state index in [1.165, 1.54) is 11.1 Å². The molecule has 1 heterocycles. The van der Waals surface area contributed by atoms with Crippen molar-refractivity contribution in [1.29, 1.82) is 0 Å². The van der Waals surface area contributed by atoms with Gasteiger partial charge in [-0.3, -0.25) is 13.9 Å². The predicted molar refractivity (Wildman–Crippen MR) is 168 cm³/mol. The summed E-state index contributed by atoms with van der Waals surface area (Å²) in [7, 11) is -3.37. The van der Waals surface area contributed by atoms with Crippen LogP contribution in [-0.2, 0) is 4.57 Å². The summed E-state index contributed by atoms with van der Waals surface area (Å²) < 4.78 is 19.7. The largest absolute Gasteiger partial charge is 0.301 e. The van der Waals surface area contributed by atoms with Gasteiger partial charge < -0.3 is 0 Å². The van der Waals surface area contributed by atoms with Crippen molar-refractivity contribution in [3.8, 4) is 22.3 Å². The average molecular weight is 535 g/mol. The van der Waals surface area contributed by atoms with Crippen LogP contribution in [0.1, 0.15) is 0 Å². The van der Waals surface area contributed by atoms with E-state index in [0.29, 0.717) is 0 Å². The Balaban J connectivity index is 1.37. The van der Waals surface area contributed by atoms with Gasteiger partial charge in [-0.1, -0.05) is 109 Å². The molecule has 0 radical (unpaired) electrons. The fraction of sp³-hybridized carbons (Fsp3) is 0. The van der Waals surface area contributed by atoms with Crippen molar-refractivity contribution in [2.45, 2.75) is 0 Å². The molecule has 0 N–H and O–H groups in total. The van der Waals surface area contributed by atoms with Gasteiger partial charge in [0.2, 0.25) is 0 Å². The highest BCUT2D eigenvalue weighted by atomic mass is 31.2. The first-order valence-corrected chi connectivity index (χ1v) is 15.0. The molecule has 0 saturated heterocycles. The summed E-state index contributed by atoms with van der Waals surface area (Å²) in [5, 5.41) is 0.777. The summed E-state index contributed by atoms with van der Waals surface area (Å²) in [5.74, 6) is 0. The maximum atomic E-state index is 15.7. The topological polar surface area (TPSA) is 23.6 Å². The van der Waals surface area contributed by atoms with Crippen LogP contribution in [0.3, 0.4) is 0 Å². The van der Waals surface area contributed by atoms with E-state index in [1.54, 1.807) is 0 Å². The Bertz CT molecular complexity index is 1750. The van der Waals surface area contributed by atoms with Crippen LogP contribution in [0.15, 0.2) is 164 Å². The van der Waals surface area contributed by atoms with E-state index in [-0.39, 0.29) is 0 Å². The number of nitrogens with zero attached hydrogens (tertiary/aromatic N) is 2. The van der Waals surface area contributed by atoms with Crippen LogP contribution in [0.25, 0.3) is 22.3 Å². The molecule has 1 aliphatic heterocycles. The molecular formula is C36H27N2OP. The lowest BCUT2D eigenvalue weighted by atomic mass is 9.99. The van der Waals surface area contributed by atoms with E-state index < -0.39 is 7.44 Å². The van der Waals surface area contributed by atoms with E-state index in [1.807, 2.05) is 100 Å². The zero-order valence-corrected chi connectivity index (χ0v) is 22.7. The molecule has 6 aromatic rings. The van der Waals surface area contributed by atoms with Gasteiger partial charge in [0.15, 0.2) is 0 Å². The third-order valence-corrected chi connectivity index (χ3v) is 10.3. The monoisotopic (exact) mass is 534 g/mol. The average Bonchev–Trinajstić information content (AvgIpc) is 3.31. The first-order chi connectivity index (χ1) is 19.7. The van der Waals surface area contributed by atoms with Gasteiger partial charge in [0, 0.05) is 11.4 Å². The normalized spacial score (nSPS) is 13.7. The molecule has 0 unspecified atom stereocenters. The van der Waals surface area contributed by atoms with Crippen LogP contribution in [0, 0.1) is 0 Å². The molecule has 7 rings (SSSR count). The minimum absolute atomic E-state index is 0.777. The lowest BCUT2D eigenvalue weighted by Crippen LogP contribution is -2.26. The molecular weight excluding hydrogens is 507 g/mol. The highest BCUT2D eigenvalue weighted by Crippen LogP contribution is 2.69. The van der Waals surface area contributed by atoms with Crippen molar-refractivity contribution < 1.29 is 4.57 Å². The highest BCUT2D eigenvalue weighted by molar-refractivity contribution is 7.76. The number of rotatable bonds is 5. The Morgan fingerprint density at radius 2 is 0.775 bits per heavy atom. The third-order valence-electron chi connectivity index (χ3n) is 7.39. The Morgan fingerprint density at radius 1 is 0.375 bits per heavy atom. The van der Waals surface area contributed by atoms with E-state index in [0.717, 1.165) is 39.2 Å². The molecule has 4 heteroatoms. The van der Waals surface area contributed by atoms with Crippen LogP contribution in [0.4, 0.5) is 22.7 Å². The Kier molecular flexibility index (Phi) is 6.07. The van der Waals surface area contributed by atoms with Crippen LogP contribution in [0.5, 0.6) is 0 Å². The number of benzene rings is 6. The number of hydrogen-bond acceptors (Lipinski definition) is 1. The van der Waals surface area contributed by atoms with Gasteiger partial charge in [-0.25, -0.2) is 0 Å². The molecule has 0 amide bonds. The molecule has 0 saturated carbocycles. The summed E-state index contributed by atoms with van der Waals surface area (Å²) in [6, 6.07) is 55.4. The Morgan fingerprint density at radius 3 is 1.27 bits per heavy atom. The number of hydrogen-bond donors (Lipinski definition) is 0. The molecule has 0 spiro atoms. The zero-order chi connectivity index (χ0) is 26.9. The molecule has 3 nitrogen and oxygen atoms in total. The molecule has 0 atom stereocenters. The third kappa shape index (κ3) is 4.04. The summed E-state index contributed by atoms with van der Waals surface area (Å²) >= 11 is 0. The molecule has 1 aliphatic rings. The van der Waals surface area contributed by atoms with Crippen molar-refractivity contribution in [3.63, 3.8) is 0 Å². The molecule has 0 fully saturated rings. The fourth-order valence-electron chi connectivity index (χ4n) is 5.52. The van der Waals surface area contributed by atoms with Crippen LogP contribution in [0.2, 0.25) is 0 Å². The van der Waals surface area contributed by atoms with E-state index in [4.69, 9.17) is 0 Å². The van der Waals surface area contributed by atoms with Gasteiger partial charge in [0.05, 0.1) is 16.7 Å².